The lowest BCUT2D eigenvalue weighted by Gasteiger charge is -2.24. The maximum absolute atomic E-state index is 10.6. The second-order valence-electron chi connectivity index (χ2n) is 5.92. The molecule has 0 saturated carbocycles. The molecule has 0 aliphatic heterocycles. The molecule has 0 heterocycles. The largest absolute Gasteiger partial charge is 0.388 e. The monoisotopic (exact) mass is 371 g/mol. The summed E-state index contributed by atoms with van der Waals surface area (Å²) in [5.41, 5.74) is 2.86. The molecule has 4 heteroatoms. The number of aliphatic hydroxyl groups is 1. The Labute approximate surface area is 158 Å². The standard InChI is InChI=1S/C21H19Cl2NO/c22-17-11-9-15(10-12-17)20(24-19-8-4-7-18(23)13-19)14-21(25)16-5-2-1-3-6-16/h1-13,20-21,24-25H,14H2. The van der Waals surface area contributed by atoms with E-state index in [2.05, 4.69) is 5.32 Å². The highest BCUT2D eigenvalue weighted by Crippen LogP contribution is 2.31. The van der Waals surface area contributed by atoms with Gasteiger partial charge in [-0.25, -0.2) is 0 Å². The Morgan fingerprint density at radius 2 is 1.48 bits per heavy atom. The number of benzene rings is 3. The van der Waals surface area contributed by atoms with E-state index in [0.29, 0.717) is 16.5 Å². The van der Waals surface area contributed by atoms with Crippen LogP contribution in [0, 0.1) is 0 Å². The summed E-state index contributed by atoms with van der Waals surface area (Å²) in [6.07, 6.45) is -0.0495. The summed E-state index contributed by atoms with van der Waals surface area (Å²) in [5, 5.41) is 15.5. The van der Waals surface area contributed by atoms with Crippen molar-refractivity contribution in [3.63, 3.8) is 0 Å². The van der Waals surface area contributed by atoms with Crippen molar-refractivity contribution in [2.45, 2.75) is 18.6 Å². The van der Waals surface area contributed by atoms with Crippen LogP contribution < -0.4 is 5.32 Å². The zero-order valence-corrected chi connectivity index (χ0v) is 15.1. The van der Waals surface area contributed by atoms with E-state index in [-0.39, 0.29) is 6.04 Å². The molecule has 0 saturated heterocycles. The average Bonchev–Trinajstić information content (AvgIpc) is 2.62. The first-order valence-electron chi connectivity index (χ1n) is 8.12. The quantitative estimate of drug-likeness (QED) is 0.534. The fourth-order valence-corrected chi connectivity index (χ4v) is 3.10. The molecule has 2 nitrogen and oxygen atoms in total. The third kappa shape index (κ3) is 4.99. The molecule has 0 radical (unpaired) electrons. The number of rotatable bonds is 6. The van der Waals surface area contributed by atoms with Gasteiger partial charge in [-0.3, -0.25) is 0 Å². The molecule has 2 unspecified atom stereocenters. The van der Waals surface area contributed by atoms with Gasteiger partial charge in [-0.1, -0.05) is 71.7 Å². The van der Waals surface area contributed by atoms with Gasteiger partial charge >= 0.3 is 0 Å². The van der Waals surface area contributed by atoms with Gasteiger partial charge in [0, 0.05) is 22.2 Å². The Kier molecular flexibility index (Phi) is 5.98. The second kappa shape index (κ2) is 8.39. The molecular formula is C21H19Cl2NO. The van der Waals surface area contributed by atoms with Crippen LogP contribution in [0.3, 0.4) is 0 Å². The zero-order valence-electron chi connectivity index (χ0n) is 13.6. The highest BCUT2D eigenvalue weighted by molar-refractivity contribution is 6.31. The number of hydrogen-bond donors (Lipinski definition) is 2. The van der Waals surface area contributed by atoms with Crippen LogP contribution in [0.25, 0.3) is 0 Å². The number of halogens is 2. The number of nitrogens with one attached hydrogen (secondary N) is 1. The Balaban J connectivity index is 1.84. The molecule has 25 heavy (non-hydrogen) atoms. The Morgan fingerprint density at radius 3 is 2.16 bits per heavy atom. The van der Waals surface area contributed by atoms with Crippen molar-refractivity contribution in [2.24, 2.45) is 0 Å². The van der Waals surface area contributed by atoms with Crippen molar-refractivity contribution >= 4 is 28.9 Å². The predicted molar refractivity (Wildman–Crippen MR) is 105 cm³/mol. The van der Waals surface area contributed by atoms with Gasteiger partial charge in [0.05, 0.1) is 12.1 Å². The van der Waals surface area contributed by atoms with Gasteiger partial charge in [0.2, 0.25) is 0 Å². The van der Waals surface area contributed by atoms with Crippen LogP contribution in [0.2, 0.25) is 10.0 Å². The lowest BCUT2D eigenvalue weighted by Crippen LogP contribution is -2.15. The van der Waals surface area contributed by atoms with Crippen molar-refractivity contribution in [2.75, 3.05) is 5.32 Å². The Morgan fingerprint density at radius 1 is 0.760 bits per heavy atom. The van der Waals surface area contributed by atoms with Gasteiger partial charge in [0.1, 0.15) is 0 Å². The van der Waals surface area contributed by atoms with Crippen LogP contribution in [0.4, 0.5) is 5.69 Å². The molecule has 0 spiro atoms. The maximum Gasteiger partial charge on any atom is 0.0812 e. The van der Waals surface area contributed by atoms with Crippen molar-refractivity contribution in [1.29, 1.82) is 0 Å². The third-order valence-electron chi connectivity index (χ3n) is 4.08. The predicted octanol–water partition coefficient (Wildman–Crippen LogP) is 6.27. The summed E-state index contributed by atoms with van der Waals surface area (Å²) in [7, 11) is 0. The zero-order chi connectivity index (χ0) is 17.6. The second-order valence-corrected chi connectivity index (χ2v) is 6.79. The van der Waals surface area contributed by atoms with E-state index in [1.807, 2.05) is 78.9 Å². The molecule has 0 aromatic heterocycles. The van der Waals surface area contributed by atoms with Crippen molar-refractivity contribution in [1.82, 2.24) is 0 Å². The first-order valence-corrected chi connectivity index (χ1v) is 8.88. The van der Waals surface area contributed by atoms with E-state index in [1.54, 1.807) is 0 Å². The van der Waals surface area contributed by atoms with E-state index in [9.17, 15) is 5.11 Å². The lowest BCUT2D eigenvalue weighted by atomic mass is 9.96. The van der Waals surface area contributed by atoms with Gasteiger partial charge in [-0.2, -0.15) is 0 Å². The molecular weight excluding hydrogens is 353 g/mol. The summed E-state index contributed by atoms with van der Waals surface area (Å²) in [5.74, 6) is 0. The fraction of sp³-hybridized carbons (Fsp3) is 0.143. The van der Waals surface area contributed by atoms with E-state index in [1.165, 1.54) is 0 Å². The summed E-state index contributed by atoms with van der Waals surface area (Å²) in [6.45, 7) is 0. The third-order valence-corrected chi connectivity index (χ3v) is 4.57. The molecule has 0 aliphatic carbocycles. The average molecular weight is 372 g/mol. The van der Waals surface area contributed by atoms with Gasteiger partial charge in [-0.15, -0.1) is 0 Å². The first-order chi connectivity index (χ1) is 12.1. The molecule has 3 aromatic carbocycles. The van der Waals surface area contributed by atoms with Crippen LogP contribution in [-0.4, -0.2) is 5.11 Å². The van der Waals surface area contributed by atoms with E-state index < -0.39 is 6.10 Å². The molecule has 0 fully saturated rings. The SMILES string of the molecule is OC(CC(Nc1cccc(Cl)c1)c1ccc(Cl)cc1)c1ccccc1. The molecule has 0 bridgehead atoms. The highest BCUT2D eigenvalue weighted by atomic mass is 35.5. The minimum absolute atomic E-state index is 0.0778. The summed E-state index contributed by atoms with van der Waals surface area (Å²) >= 11 is 12.1. The van der Waals surface area contributed by atoms with Crippen LogP contribution in [0.5, 0.6) is 0 Å². The van der Waals surface area contributed by atoms with Gasteiger partial charge in [-0.05, 0) is 41.5 Å². The smallest absolute Gasteiger partial charge is 0.0812 e. The Hall–Kier alpha value is -2.00. The molecule has 0 amide bonds. The van der Waals surface area contributed by atoms with Crippen molar-refractivity contribution in [3.05, 3.63) is 100 Å². The minimum Gasteiger partial charge on any atom is -0.388 e. The minimum atomic E-state index is -0.575. The van der Waals surface area contributed by atoms with Gasteiger partial charge < -0.3 is 10.4 Å². The topological polar surface area (TPSA) is 32.3 Å². The van der Waals surface area contributed by atoms with Crippen molar-refractivity contribution < 1.29 is 5.11 Å². The number of anilines is 1. The number of aliphatic hydroxyl groups excluding tert-OH is 1. The summed E-state index contributed by atoms with van der Waals surface area (Å²) in [4.78, 5) is 0. The molecule has 2 N–H and O–H groups in total. The van der Waals surface area contributed by atoms with Gasteiger partial charge in [0.15, 0.2) is 0 Å². The van der Waals surface area contributed by atoms with Crippen LogP contribution in [0.1, 0.15) is 29.7 Å². The molecule has 0 aliphatic rings. The summed E-state index contributed by atoms with van der Waals surface area (Å²) in [6, 6.07) is 24.8. The van der Waals surface area contributed by atoms with Crippen molar-refractivity contribution in [3.8, 4) is 0 Å². The van der Waals surface area contributed by atoms with E-state index in [0.717, 1.165) is 16.8 Å². The van der Waals surface area contributed by atoms with Gasteiger partial charge in [0.25, 0.3) is 0 Å². The Bertz CT molecular complexity index is 806. The van der Waals surface area contributed by atoms with Crippen LogP contribution >= 0.6 is 23.2 Å². The molecule has 2 atom stereocenters. The highest BCUT2D eigenvalue weighted by Gasteiger charge is 2.18. The first kappa shape index (κ1) is 17.8. The normalized spacial score (nSPS) is 13.2. The molecule has 3 aromatic rings. The van der Waals surface area contributed by atoms with E-state index >= 15 is 0 Å². The van der Waals surface area contributed by atoms with Crippen LogP contribution in [-0.2, 0) is 0 Å². The van der Waals surface area contributed by atoms with E-state index in [4.69, 9.17) is 23.2 Å². The molecule has 128 valence electrons. The molecule has 3 rings (SSSR count). The number of hydrogen-bond acceptors (Lipinski definition) is 2. The summed E-state index contributed by atoms with van der Waals surface area (Å²) < 4.78 is 0. The maximum atomic E-state index is 10.6. The van der Waals surface area contributed by atoms with Crippen LogP contribution in [0.15, 0.2) is 78.9 Å². The fourth-order valence-electron chi connectivity index (χ4n) is 2.79. The lowest BCUT2D eigenvalue weighted by molar-refractivity contribution is 0.160.